The maximum absolute atomic E-state index is 13.3. The number of benzene rings is 3. The number of nitrogens with zero attached hydrogens (tertiary/aromatic N) is 2. The van der Waals surface area contributed by atoms with Crippen LogP contribution in [0.2, 0.25) is 10.0 Å². The van der Waals surface area contributed by atoms with Crippen LogP contribution in [0.5, 0.6) is 11.5 Å². The van der Waals surface area contributed by atoms with Gasteiger partial charge in [0, 0.05) is 0 Å². The Bertz CT molecular complexity index is 1280. The molecule has 33 heavy (non-hydrogen) atoms. The second-order valence-corrected chi connectivity index (χ2v) is 9.27. The first-order valence-corrected chi connectivity index (χ1v) is 11.6. The van der Waals surface area contributed by atoms with Crippen LogP contribution < -0.4 is 14.5 Å². The summed E-state index contributed by atoms with van der Waals surface area (Å²) in [5, 5.41) is 13.6. The van der Waals surface area contributed by atoms with Gasteiger partial charge in [-0.1, -0.05) is 47.5 Å². The predicted molar refractivity (Wildman–Crippen MR) is 128 cm³/mol. The van der Waals surface area contributed by atoms with E-state index in [-0.39, 0.29) is 32.1 Å². The van der Waals surface area contributed by atoms with Crippen LogP contribution >= 0.6 is 23.2 Å². The molecular weight excluding hydrogens is 489 g/mol. The third-order valence-electron chi connectivity index (χ3n) is 4.42. The topological polar surface area (TPSA) is 108 Å². The number of aromatic hydroxyl groups is 1. The van der Waals surface area contributed by atoms with Gasteiger partial charge in [0.05, 0.1) is 34.0 Å². The highest BCUT2D eigenvalue weighted by molar-refractivity contribution is 7.92. The summed E-state index contributed by atoms with van der Waals surface area (Å²) < 4.78 is 32.5. The summed E-state index contributed by atoms with van der Waals surface area (Å²) in [4.78, 5) is 12.6. The van der Waals surface area contributed by atoms with Gasteiger partial charge in [-0.3, -0.25) is 9.10 Å². The van der Waals surface area contributed by atoms with Crippen LogP contribution in [-0.4, -0.2) is 39.3 Å². The van der Waals surface area contributed by atoms with Crippen molar-refractivity contribution in [1.82, 2.24) is 5.43 Å². The first-order chi connectivity index (χ1) is 15.7. The van der Waals surface area contributed by atoms with E-state index in [1.165, 1.54) is 55.8 Å². The minimum atomic E-state index is -4.15. The van der Waals surface area contributed by atoms with Gasteiger partial charge in [0.25, 0.3) is 15.9 Å². The average Bonchev–Trinajstić information content (AvgIpc) is 2.81. The lowest BCUT2D eigenvalue weighted by molar-refractivity contribution is -0.119. The van der Waals surface area contributed by atoms with Crippen LogP contribution in [0, 0.1) is 0 Å². The Kier molecular flexibility index (Phi) is 7.80. The fourth-order valence-electron chi connectivity index (χ4n) is 2.82. The lowest BCUT2D eigenvalue weighted by Gasteiger charge is -2.24. The minimum absolute atomic E-state index is 0.00818. The number of rotatable bonds is 8. The molecule has 0 saturated heterocycles. The van der Waals surface area contributed by atoms with Crippen LogP contribution in [0.4, 0.5) is 5.69 Å². The molecule has 0 unspecified atom stereocenters. The van der Waals surface area contributed by atoms with E-state index in [1.807, 2.05) is 0 Å². The number of phenols is 1. The molecule has 0 fully saturated rings. The van der Waals surface area contributed by atoms with E-state index in [4.69, 9.17) is 27.9 Å². The zero-order chi connectivity index (χ0) is 24.0. The van der Waals surface area contributed by atoms with Crippen molar-refractivity contribution in [2.45, 2.75) is 4.90 Å². The summed E-state index contributed by atoms with van der Waals surface area (Å²) in [7, 11) is -2.74. The Labute approximate surface area is 201 Å². The predicted octanol–water partition coefficient (Wildman–Crippen LogP) is 4.05. The molecule has 1 amide bonds. The second kappa shape index (κ2) is 10.6. The maximum Gasteiger partial charge on any atom is 0.264 e. The number of carbonyl (C=O) groups is 1. The summed E-state index contributed by atoms with van der Waals surface area (Å²) in [6.07, 6.45) is 1.32. The maximum atomic E-state index is 13.3. The molecule has 0 aliphatic carbocycles. The van der Waals surface area contributed by atoms with Gasteiger partial charge in [0.1, 0.15) is 6.54 Å². The summed E-state index contributed by atoms with van der Waals surface area (Å²) >= 11 is 12.3. The fourth-order valence-corrected chi connectivity index (χ4v) is 4.73. The first-order valence-electron chi connectivity index (χ1n) is 9.44. The summed E-state index contributed by atoms with van der Waals surface area (Å²) in [6, 6.07) is 16.6. The third-order valence-corrected chi connectivity index (χ3v) is 7.01. The third kappa shape index (κ3) is 5.75. The zero-order valence-electron chi connectivity index (χ0n) is 17.3. The van der Waals surface area contributed by atoms with Gasteiger partial charge in [0.15, 0.2) is 11.5 Å². The molecule has 8 nitrogen and oxygen atoms in total. The van der Waals surface area contributed by atoms with E-state index in [0.29, 0.717) is 5.56 Å². The Balaban J connectivity index is 1.86. The molecule has 0 atom stereocenters. The van der Waals surface area contributed by atoms with E-state index in [0.717, 1.165) is 4.31 Å². The number of hydrogen-bond donors (Lipinski definition) is 2. The summed E-state index contributed by atoms with van der Waals surface area (Å²) in [6.45, 7) is -0.604. The molecule has 0 saturated carbocycles. The highest BCUT2D eigenvalue weighted by atomic mass is 35.5. The molecular formula is C22H19Cl2N3O5S. The number of hydrazone groups is 1. The molecule has 0 aliphatic heterocycles. The normalized spacial score (nSPS) is 11.4. The molecule has 2 N–H and O–H groups in total. The Morgan fingerprint density at radius 1 is 1.12 bits per heavy atom. The number of methoxy groups -OCH3 is 1. The van der Waals surface area contributed by atoms with Gasteiger partial charge >= 0.3 is 0 Å². The standard InChI is InChI=1S/C22H19Cl2N3O5S/c1-32-20-12-15(10-11-19(20)28)13-25-26-21(29)14-27(18-9-5-8-17(23)22(18)24)33(30,31)16-6-3-2-4-7-16/h2-13,28H,14H2,1H3,(H,26,29). The van der Waals surface area contributed by atoms with Crippen LogP contribution in [-0.2, 0) is 14.8 Å². The molecule has 0 aliphatic rings. The highest BCUT2D eigenvalue weighted by Gasteiger charge is 2.29. The monoisotopic (exact) mass is 507 g/mol. The number of amides is 1. The lowest BCUT2D eigenvalue weighted by Crippen LogP contribution is -2.39. The molecule has 0 radical (unpaired) electrons. The van der Waals surface area contributed by atoms with Crippen molar-refractivity contribution in [3.63, 3.8) is 0 Å². The van der Waals surface area contributed by atoms with E-state index in [2.05, 4.69) is 10.5 Å². The number of halogens is 2. The smallest absolute Gasteiger partial charge is 0.264 e. The molecule has 3 aromatic carbocycles. The number of phenolic OH excluding ortho intramolecular Hbond substituents is 1. The average molecular weight is 508 g/mol. The van der Waals surface area contributed by atoms with Crippen molar-refractivity contribution in [3.05, 3.63) is 82.3 Å². The minimum Gasteiger partial charge on any atom is -0.504 e. The largest absolute Gasteiger partial charge is 0.504 e. The molecule has 0 aromatic heterocycles. The van der Waals surface area contributed by atoms with Crippen LogP contribution in [0.3, 0.4) is 0 Å². The van der Waals surface area contributed by atoms with E-state index in [9.17, 15) is 18.3 Å². The number of carbonyl (C=O) groups excluding carboxylic acids is 1. The quantitative estimate of drug-likeness (QED) is 0.353. The SMILES string of the molecule is COc1cc(C=NNC(=O)CN(c2cccc(Cl)c2Cl)S(=O)(=O)c2ccccc2)ccc1O. The van der Waals surface area contributed by atoms with Crippen molar-refractivity contribution in [3.8, 4) is 11.5 Å². The van der Waals surface area contributed by atoms with Gasteiger partial charge in [-0.15, -0.1) is 0 Å². The van der Waals surface area contributed by atoms with Crippen molar-refractivity contribution in [2.75, 3.05) is 18.0 Å². The number of hydrogen-bond acceptors (Lipinski definition) is 6. The van der Waals surface area contributed by atoms with Crippen molar-refractivity contribution in [2.24, 2.45) is 5.10 Å². The lowest BCUT2D eigenvalue weighted by atomic mass is 10.2. The summed E-state index contributed by atoms with van der Waals surface area (Å²) in [5.41, 5.74) is 2.88. The molecule has 3 aromatic rings. The van der Waals surface area contributed by atoms with E-state index in [1.54, 1.807) is 24.3 Å². The molecule has 0 bridgehead atoms. The van der Waals surface area contributed by atoms with Crippen LogP contribution in [0.25, 0.3) is 0 Å². The van der Waals surface area contributed by atoms with Crippen molar-refractivity contribution in [1.29, 1.82) is 0 Å². The molecule has 0 spiro atoms. The second-order valence-electron chi connectivity index (χ2n) is 6.62. The molecule has 11 heteroatoms. The Morgan fingerprint density at radius 2 is 1.85 bits per heavy atom. The van der Waals surface area contributed by atoms with Crippen LogP contribution in [0.1, 0.15) is 5.56 Å². The molecule has 172 valence electrons. The van der Waals surface area contributed by atoms with Gasteiger partial charge < -0.3 is 9.84 Å². The summed E-state index contributed by atoms with van der Waals surface area (Å²) in [5.74, 6) is -0.521. The van der Waals surface area contributed by atoms with Crippen molar-refractivity contribution < 1.29 is 23.1 Å². The Morgan fingerprint density at radius 3 is 2.55 bits per heavy atom. The van der Waals surface area contributed by atoms with Gasteiger partial charge in [0.2, 0.25) is 0 Å². The van der Waals surface area contributed by atoms with Crippen molar-refractivity contribution >= 4 is 51.0 Å². The fraction of sp³-hybridized carbons (Fsp3) is 0.0909. The zero-order valence-corrected chi connectivity index (χ0v) is 19.6. The van der Waals surface area contributed by atoms with Gasteiger partial charge in [-0.05, 0) is 48.0 Å². The van der Waals surface area contributed by atoms with Gasteiger partial charge in [-0.2, -0.15) is 5.10 Å². The number of ether oxygens (including phenoxy) is 1. The number of sulfonamides is 1. The number of nitrogens with one attached hydrogen (secondary N) is 1. The first kappa shape index (κ1) is 24.4. The Hall–Kier alpha value is -3.27. The van der Waals surface area contributed by atoms with Gasteiger partial charge in [-0.25, -0.2) is 13.8 Å². The van der Waals surface area contributed by atoms with E-state index >= 15 is 0 Å². The van der Waals surface area contributed by atoms with Crippen LogP contribution in [0.15, 0.2) is 76.7 Å². The molecule has 3 rings (SSSR count). The number of anilines is 1. The molecule has 0 heterocycles. The highest BCUT2D eigenvalue weighted by Crippen LogP contribution is 2.35. The van der Waals surface area contributed by atoms with E-state index < -0.39 is 22.5 Å².